The zero-order valence-electron chi connectivity index (χ0n) is 24.5. The van der Waals surface area contributed by atoms with Gasteiger partial charge in [-0.15, -0.1) is 11.7 Å². The lowest BCUT2D eigenvalue weighted by Gasteiger charge is -2.26. The van der Waals surface area contributed by atoms with E-state index >= 15 is 0 Å². The molecule has 2 aromatic rings. The molecule has 0 radical (unpaired) electrons. The standard InChI is InChI=1S/C33H39IN4O4/c1-6-20-36(3)33(39)32(42-25-35-37-21-8-7-9-22-37)23-27-11-14-28(15-12-27)38(29-16-18-31(41-5)19-17-29)30(24-34)13-10-26(2)40-4/h6,10-19,23-25H,1-2,7-9,20-22H2,3-5H3/b13-10-,30-24+,32-23+,35-25?. The molecule has 1 amide bonds. The summed E-state index contributed by atoms with van der Waals surface area (Å²) >= 11 is 2.22. The van der Waals surface area contributed by atoms with Crippen LogP contribution in [0, 0.1) is 0 Å². The van der Waals surface area contributed by atoms with E-state index in [0.717, 1.165) is 54.3 Å². The Morgan fingerprint density at radius 2 is 1.67 bits per heavy atom. The summed E-state index contributed by atoms with van der Waals surface area (Å²) < 4.78 is 18.4. The molecular weight excluding hydrogens is 643 g/mol. The van der Waals surface area contributed by atoms with Gasteiger partial charge < -0.3 is 24.0 Å². The number of likely N-dealkylation sites (N-methyl/N-ethyl adjacent to an activating group) is 1. The first kappa shape index (κ1) is 32.5. The normalized spacial score (nSPS) is 14.1. The summed E-state index contributed by atoms with van der Waals surface area (Å²) in [4.78, 5) is 16.8. The molecule has 0 bridgehead atoms. The highest BCUT2D eigenvalue weighted by Crippen LogP contribution is 2.33. The lowest BCUT2D eigenvalue weighted by Crippen LogP contribution is -2.29. The molecule has 1 heterocycles. The fourth-order valence-electron chi connectivity index (χ4n) is 4.21. The Kier molecular flexibility index (Phi) is 13.2. The molecule has 1 fully saturated rings. The van der Waals surface area contributed by atoms with Crippen LogP contribution < -0.4 is 9.64 Å². The van der Waals surface area contributed by atoms with Crippen molar-refractivity contribution in [2.45, 2.75) is 19.3 Å². The lowest BCUT2D eigenvalue weighted by molar-refractivity contribution is -0.127. The van der Waals surface area contributed by atoms with Crippen molar-refractivity contribution in [1.82, 2.24) is 9.91 Å². The van der Waals surface area contributed by atoms with E-state index < -0.39 is 0 Å². The third kappa shape index (κ3) is 9.54. The molecule has 9 heteroatoms. The molecule has 222 valence electrons. The van der Waals surface area contributed by atoms with Crippen LogP contribution in [0.3, 0.4) is 0 Å². The highest BCUT2D eigenvalue weighted by Gasteiger charge is 2.17. The highest BCUT2D eigenvalue weighted by molar-refractivity contribution is 14.1. The topological polar surface area (TPSA) is 66.8 Å². The number of anilines is 2. The second-order valence-electron chi connectivity index (χ2n) is 9.50. The van der Waals surface area contributed by atoms with E-state index in [9.17, 15) is 4.79 Å². The van der Waals surface area contributed by atoms with Crippen molar-refractivity contribution in [2.75, 3.05) is 45.8 Å². The number of halogens is 1. The van der Waals surface area contributed by atoms with E-state index in [-0.39, 0.29) is 11.7 Å². The van der Waals surface area contributed by atoms with Gasteiger partial charge in [-0.3, -0.25) is 9.80 Å². The van der Waals surface area contributed by atoms with Gasteiger partial charge in [0.1, 0.15) is 11.5 Å². The van der Waals surface area contributed by atoms with Crippen LogP contribution in [0.15, 0.2) is 106 Å². The van der Waals surface area contributed by atoms with Crippen LogP contribution in [0.25, 0.3) is 6.08 Å². The molecule has 0 saturated carbocycles. The monoisotopic (exact) mass is 682 g/mol. The molecule has 1 aliphatic rings. The van der Waals surface area contributed by atoms with Gasteiger partial charge in [0.15, 0.2) is 12.2 Å². The van der Waals surface area contributed by atoms with E-state index in [1.54, 1.807) is 38.3 Å². The summed E-state index contributed by atoms with van der Waals surface area (Å²) in [5.74, 6) is 1.23. The van der Waals surface area contributed by atoms with Crippen molar-refractivity contribution in [3.63, 3.8) is 0 Å². The highest BCUT2D eigenvalue weighted by atomic mass is 127. The number of nitrogens with zero attached hydrogens (tertiary/aromatic N) is 4. The number of methoxy groups -OCH3 is 2. The van der Waals surface area contributed by atoms with Crippen LogP contribution in [-0.2, 0) is 14.3 Å². The van der Waals surface area contributed by atoms with E-state index in [0.29, 0.717) is 12.3 Å². The summed E-state index contributed by atoms with van der Waals surface area (Å²) in [6, 6.07) is 15.7. The number of ether oxygens (including phenoxy) is 3. The van der Waals surface area contributed by atoms with Crippen molar-refractivity contribution in [1.29, 1.82) is 0 Å². The number of allylic oxidation sites excluding steroid dienone is 2. The van der Waals surface area contributed by atoms with Gasteiger partial charge in [-0.25, -0.2) is 0 Å². The predicted octanol–water partition coefficient (Wildman–Crippen LogP) is 7.26. The maximum atomic E-state index is 13.2. The summed E-state index contributed by atoms with van der Waals surface area (Å²) in [5, 5.41) is 6.38. The fraction of sp³-hybridized carbons (Fsp3) is 0.273. The number of piperidine rings is 1. The molecular formula is C33H39IN4O4. The second-order valence-corrected chi connectivity index (χ2v) is 10.1. The van der Waals surface area contributed by atoms with Gasteiger partial charge >= 0.3 is 0 Å². The van der Waals surface area contributed by atoms with Gasteiger partial charge in [0.05, 0.1) is 19.9 Å². The van der Waals surface area contributed by atoms with Crippen LogP contribution >= 0.6 is 22.6 Å². The molecule has 1 saturated heterocycles. The average Bonchev–Trinajstić information content (AvgIpc) is 3.03. The quantitative estimate of drug-likeness (QED) is 0.0398. The number of amides is 1. The van der Waals surface area contributed by atoms with Gasteiger partial charge in [-0.2, -0.15) is 0 Å². The molecule has 0 unspecified atom stereocenters. The number of carbonyl (C=O) groups is 1. The Hall–Kier alpha value is -3.99. The molecule has 0 aliphatic carbocycles. The summed E-state index contributed by atoms with van der Waals surface area (Å²) in [7, 11) is 4.94. The number of rotatable bonds is 14. The Bertz CT molecular complexity index is 1310. The van der Waals surface area contributed by atoms with Crippen LogP contribution in [0.2, 0.25) is 0 Å². The second kappa shape index (κ2) is 17.1. The Morgan fingerprint density at radius 1 is 1.02 bits per heavy atom. The van der Waals surface area contributed by atoms with E-state index in [4.69, 9.17) is 14.2 Å². The summed E-state index contributed by atoms with van der Waals surface area (Å²) in [6.45, 7) is 9.80. The van der Waals surface area contributed by atoms with E-state index in [1.165, 1.54) is 12.8 Å². The zero-order chi connectivity index (χ0) is 30.3. The van der Waals surface area contributed by atoms with Gasteiger partial charge in [0.2, 0.25) is 0 Å². The summed E-state index contributed by atoms with van der Waals surface area (Å²) in [5.41, 5.74) is 3.56. The van der Waals surface area contributed by atoms with Gasteiger partial charge in [0, 0.05) is 42.1 Å². The van der Waals surface area contributed by atoms with Gasteiger partial charge in [-0.05, 0) is 79.5 Å². The first-order chi connectivity index (χ1) is 20.4. The lowest BCUT2D eigenvalue weighted by atomic mass is 10.1. The predicted molar refractivity (Wildman–Crippen MR) is 180 cm³/mol. The molecule has 0 atom stereocenters. The van der Waals surface area contributed by atoms with E-state index in [1.807, 2.05) is 69.8 Å². The number of hydrazone groups is 1. The maximum absolute atomic E-state index is 13.2. The molecule has 42 heavy (non-hydrogen) atoms. The van der Waals surface area contributed by atoms with Crippen LogP contribution in [0.5, 0.6) is 5.75 Å². The average molecular weight is 683 g/mol. The number of hydrogen-bond acceptors (Lipinski definition) is 7. The number of carbonyl (C=O) groups excluding carboxylic acids is 1. The maximum Gasteiger partial charge on any atom is 0.289 e. The van der Waals surface area contributed by atoms with Crippen LogP contribution in [-0.4, -0.2) is 63.1 Å². The number of hydrogen-bond donors (Lipinski definition) is 0. The van der Waals surface area contributed by atoms with E-state index in [2.05, 4.69) is 45.8 Å². The Labute approximate surface area is 263 Å². The van der Waals surface area contributed by atoms with Crippen molar-refractivity contribution in [3.05, 3.63) is 107 Å². The minimum Gasteiger partial charge on any atom is -0.497 e. The minimum absolute atomic E-state index is 0.175. The SMILES string of the molecule is C=CCN(C)C(=O)/C(=C\c1ccc(N(C(/C=C\C(=C)OC)=C/I)c2ccc(OC)cc2)cc1)OC=NN1CCCCC1. The molecule has 0 aromatic heterocycles. The molecule has 2 aromatic carbocycles. The molecule has 0 spiro atoms. The van der Waals surface area contributed by atoms with Crippen molar-refractivity contribution in [3.8, 4) is 5.75 Å². The number of benzene rings is 2. The Morgan fingerprint density at radius 3 is 2.24 bits per heavy atom. The molecule has 1 aliphatic heterocycles. The van der Waals surface area contributed by atoms with Crippen molar-refractivity contribution >= 4 is 52.3 Å². The largest absolute Gasteiger partial charge is 0.497 e. The molecule has 8 nitrogen and oxygen atoms in total. The third-order valence-electron chi connectivity index (χ3n) is 6.53. The van der Waals surface area contributed by atoms with Gasteiger partial charge in [-0.1, -0.05) is 47.4 Å². The van der Waals surface area contributed by atoms with Crippen molar-refractivity contribution < 1.29 is 19.0 Å². The fourth-order valence-corrected chi connectivity index (χ4v) is 4.69. The van der Waals surface area contributed by atoms with Crippen LogP contribution in [0.4, 0.5) is 11.4 Å². The zero-order valence-corrected chi connectivity index (χ0v) is 26.7. The van der Waals surface area contributed by atoms with Gasteiger partial charge in [0.25, 0.3) is 5.91 Å². The minimum atomic E-state index is -0.262. The summed E-state index contributed by atoms with van der Waals surface area (Å²) in [6.07, 6.45) is 11.9. The van der Waals surface area contributed by atoms with Crippen LogP contribution in [0.1, 0.15) is 24.8 Å². The first-order valence-electron chi connectivity index (χ1n) is 13.7. The van der Waals surface area contributed by atoms with Crippen molar-refractivity contribution in [2.24, 2.45) is 5.10 Å². The molecule has 0 N–H and O–H groups in total. The molecule has 3 rings (SSSR count). The third-order valence-corrected chi connectivity index (χ3v) is 7.17. The smallest absolute Gasteiger partial charge is 0.289 e. The Balaban J connectivity index is 1.94. The first-order valence-corrected chi connectivity index (χ1v) is 14.9.